The molecule has 0 amide bonds. The molecule has 1 aliphatic rings. The molecule has 1 atom stereocenters. The highest BCUT2D eigenvalue weighted by Gasteiger charge is 2.38. The average molecular weight is 476 g/mol. The first kappa shape index (κ1) is 25.3. The third kappa shape index (κ3) is 7.05. The van der Waals surface area contributed by atoms with Crippen molar-refractivity contribution in [1.82, 2.24) is 14.9 Å². The molecular formula is C19H23F3N4O5S. The number of hydrogen-bond acceptors (Lipinski definition) is 8. The zero-order valence-electron chi connectivity index (χ0n) is 17.5. The number of nitrogens with zero attached hydrogens (tertiary/aromatic N) is 3. The number of carboxylic acids is 1. The lowest BCUT2D eigenvalue weighted by Crippen LogP contribution is -2.54. The number of alkyl halides is 3. The number of pyridine rings is 2. The summed E-state index contributed by atoms with van der Waals surface area (Å²) in [6.07, 6.45) is -0.282. The van der Waals surface area contributed by atoms with Gasteiger partial charge in [0, 0.05) is 37.7 Å². The van der Waals surface area contributed by atoms with Crippen molar-refractivity contribution in [3.63, 3.8) is 0 Å². The van der Waals surface area contributed by atoms with Gasteiger partial charge >= 0.3 is 12.1 Å². The zero-order chi connectivity index (χ0) is 24.1. The Morgan fingerprint density at radius 1 is 1.22 bits per heavy atom. The third-order valence-electron chi connectivity index (χ3n) is 4.76. The minimum atomic E-state index is -5.08. The maximum Gasteiger partial charge on any atom is 0.490 e. The number of halogens is 3. The van der Waals surface area contributed by atoms with Crippen LogP contribution in [0.3, 0.4) is 0 Å². The highest BCUT2D eigenvalue weighted by Crippen LogP contribution is 2.28. The highest BCUT2D eigenvalue weighted by molar-refractivity contribution is 7.91. The molecule has 13 heteroatoms. The van der Waals surface area contributed by atoms with Crippen molar-refractivity contribution in [2.75, 3.05) is 31.8 Å². The van der Waals surface area contributed by atoms with Crippen LogP contribution in [0, 0.1) is 0 Å². The molecule has 0 radical (unpaired) electrons. The number of carboxylic acid groups (broad SMARTS) is 1. The van der Waals surface area contributed by atoms with Gasteiger partial charge in [0.1, 0.15) is 5.82 Å². The first-order valence-electron chi connectivity index (χ1n) is 9.27. The molecule has 32 heavy (non-hydrogen) atoms. The number of methoxy groups -OCH3 is 1. The molecule has 2 aromatic heterocycles. The van der Waals surface area contributed by atoms with E-state index in [1.54, 1.807) is 19.4 Å². The molecule has 1 unspecified atom stereocenters. The lowest BCUT2D eigenvalue weighted by atomic mass is 10.0. The summed E-state index contributed by atoms with van der Waals surface area (Å²) < 4.78 is 59.8. The van der Waals surface area contributed by atoms with Gasteiger partial charge in [-0.05, 0) is 24.6 Å². The van der Waals surface area contributed by atoms with Crippen LogP contribution in [-0.4, -0.2) is 72.2 Å². The molecule has 0 spiro atoms. The first-order chi connectivity index (χ1) is 14.8. The predicted molar refractivity (Wildman–Crippen MR) is 111 cm³/mol. The van der Waals surface area contributed by atoms with Gasteiger partial charge in [0.05, 0.1) is 24.2 Å². The van der Waals surface area contributed by atoms with E-state index in [2.05, 4.69) is 27.1 Å². The number of sulfone groups is 1. The second-order valence-electron chi connectivity index (χ2n) is 7.08. The Morgan fingerprint density at radius 2 is 1.84 bits per heavy atom. The van der Waals surface area contributed by atoms with E-state index in [4.69, 9.17) is 14.6 Å². The van der Waals surface area contributed by atoms with Gasteiger partial charge in [-0.1, -0.05) is 6.07 Å². The summed E-state index contributed by atoms with van der Waals surface area (Å²) in [5.41, 5.74) is 1.89. The van der Waals surface area contributed by atoms with E-state index in [9.17, 15) is 21.6 Å². The maximum atomic E-state index is 11.5. The summed E-state index contributed by atoms with van der Waals surface area (Å²) in [7, 11) is -1.37. The minimum Gasteiger partial charge on any atom is -0.481 e. The first-order valence-corrected chi connectivity index (χ1v) is 11.2. The van der Waals surface area contributed by atoms with Crippen molar-refractivity contribution >= 4 is 27.3 Å². The van der Waals surface area contributed by atoms with E-state index in [1.807, 2.05) is 24.4 Å². The van der Waals surface area contributed by atoms with Gasteiger partial charge in [0.25, 0.3) is 0 Å². The third-order valence-corrected chi connectivity index (χ3v) is 6.27. The van der Waals surface area contributed by atoms with E-state index >= 15 is 0 Å². The van der Waals surface area contributed by atoms with Crippen LogP contribution in [0.15, 0.2) is 36.7 Å². The fraction of sp³-hybridized carbons (Fsp3) is 0.421. The Bertz CT molecular complexity index is 1010. The summed E-state index contributed by atoms with van der Waals surface area (Å²) in [6.45, 7) is 3.23. The normalized spacial score (nSPS) is 15.7. The predicted octanol–water partition coefficient (Wildman–Crippen LogP) is 2.65. The van der Waals surface area contributed by atoms with E-state index in [0.717, 1.165) is 17.1 Å². The topological polar surface area (TPSA) is 122 Å². The molecule has 1 fully saturated rings. The van der Waals surface area contributed by atoms with Crippen LogP contribution in [0.1, 0.15) is 18.5 Å². The molecule has 1 aliphatic heterocycles. The van der Waals surface area contributed by atoms with Crippen LogP contribution in [0.2, 0.25) is 0 Å². The lowest BCUT2D eigenvalue weighted by molar-refractivity contribution is -0.192. The smallest absolute Gasteiger partial charge is 0.481 e. The van der Waals surface area contributed by atoms with Crippen molar-refractivity contribution in [3.8, 4) is 5.88 Å². The molecular weight excluding hydrogens is 453 g/mol. The van der Waals surface area contributed by atoms with E-state index in [1.165, 1.54) is 6.26 Å². The largest absolute Gasteiger partial charge is 0.490 e. The number of hydrogen-bond donors (Lipinski definition) is 2. The lowest BCUT2D eigenvalue weighted by Gasteiger charge is -2.42. The second kappa shape index (κ2) is 10.1. The molecule has 9 nitrogen and oxygen atoms in total. The van der Waals surface area contributed by atoms with Crippen molar-refractivity contribution in [2.24, 2.45) is 0 Å². The number of ether oxygens (including phenoxy) is 1. The van der Waals surface area contributed by atoms with E-state index in [-0.39, 0.29) is 11.3 Å². The number of rotatable bonds is 6. The minimum absolute atomic E-state index is 0.141. The summed E-state index contributed by atoms with van der Waals surface area (Å²) in [6, 6.07) is 7.70. The number of aromatic nitrogens is 2. The fourth-order valence-corrected chi connectivity index (χ4v) is 3.64. The Kier molecular flexibility index (Phi) is 8.02. The van der Waals surface area contributed by atoms with Gasteiger partial charge in [0.15, 0.2) is 9.84 Å². The molecule has 3 rings (SSSR count). The molecule has 0 aromatic carbocycles. The Morgan fingerprint density at radius 3 is 2.25 bits per heavy atom. The summed E-state index contributed by atoms with van der Waals surface area (Å²) >= 11 is 0. The maximum absolute atomic E-state index is 11.5. The SMILES string of the molecule is COc1ccc(Nc2ccc(C(C)N3CC(S(C)(=O)=O)C3)cn2)cn1.O=C(O)C(F)(F)F. The van der Waals surface area contributed by atoms with Crippen LogP contribution >= 0.6 is 0 Å². The van der Waals surface area contributed by atoms with Gasteiger partial charge in [-0.25, -0.2) is 23.2 Å². The van der Waals surface area contributed by atoms with Gasteiger partial charge in [-0.2, -0.15) is 13.2 Å². The van der Waals surface area contributed by atoms with Gasteiger partial charge in [-0.3, -0.25) is 4.90 Å². The molecule has 0 bridgehead atoms. The standard InChI is InChI=1S/C17H22N4O3S.C2HF3O2/c1-12(21-10-15(11-21)25(3,22)23)13-4-6-16(18-8-13)20-14-5-7-17(24-2)19-9-14;3-2(4,5)1(6)7/h4-9,12,15H,10-11H2,1-3H3,(H,18,20);(H,6,7). The van der Waals surface area contributed by atoms with Crippen LogP contribution in [0.25, 0.3) is 0 Å². The summed E-state index contributed by atoms with van der Waals surface area (Å²) in [5.74, 6) is -1.47. The Balaban J connectivity index is 0.000000451. The molecule has 0 saturated carbocycles. The number of anilines is 2. The van der Waals surface area contributed by atoms with E-state index < -0.39 is 22.0 Å². The monoisotopic (exact) mass is 476 g/mol. The van der Waals surface area contributed by atoms with Crippen molar-refractivity contribution in [2.45, 2.75) is 24.4 Å². The second-order valence-corrected chi connectivity index (χ2v) is 9.40. The van der Waals surface area contributed by atoms with Crippen LogP contribution in [-0.2, 0) is 14.6 Å². The van der Waals surface area contributed by atoms with Crippen molar-refractivity contribution < 1.29 is 36.2 Å². The highest BCUT2D eigenvalue weighted by atomic mass is 32.2. The number of likely N-dealkylation sites (tertiary alicyclic amines) is 1. The van der Waals surface area contributed by atoms with E-state index in [0.29, 0.717) is 19.0 Å². The van der Waals surface area contributed by atoms with Crippen LogP contribution < -0.4 is 10.1 Å². The molecule has 1 saturated heterocycles. The summed E-state index contributed by atoms with van der Waals surface area (Å²) in [5, 5.41) is 10.1. The average Bonchev–Trinajstić information content (AvgIpc) is 2.66. The molecule has 2 aromatic rings. The van der Waals surface area contributed by atoms with Gasteiger partial charge in [0.2, 0.25) is 5.88 Å². The summed E-state index contributed by atoms with van der Waals surface area (Å²) in [4.78, 5) is 19.6. The molecule has 3 heterocycles. The Labute approximate surface area is 183 Å². The number of carbonyl (C=O) groups is 1. The molecule has 2 N–H and O–H groups in total. The number of aliphatic carboxylic acids is 1. The van der Waals surface area contributed by atoms with Gasteiger partial charge in [-0.15, -0.1) is 0 Å². The molecule has 176 valence electrons. The van der Waals surface area contributed by atoms with Gasteiger partial charge < -0.3 is 15.2 Å². The Hall–Kier alpha value is -2.93. The van der Waals surface area contributed by atoms with Crippen molar-refractivity contribution in [1.29, 1.82) is 0 Å². The van der Waals surface area contributed by atoms with Crippen molar-refractivity contribution in [3.05, 3.63) is 42.2 Å². The van der Waals surface area contributed by atoms with Crippen LogP contribution in [0.5, 0.6) is 5.88 Å². The fourth-order valence-electron chi connectivity index (χ4n) is 2.72. The molecule has 0 aliphatic carbocycles. The number of nitrogens with one attached hydrogen (secondary N) is 1. The van der Waals surface area contributed by atoms with Crippen LogP contribution in [0.4, 0.5) is 24.7 Å². The quantitative estimate of drug-likeness (QED) is 0.648. The zero-order valence-corrected chi connectivity index (χ0v) is 18.3.